The number of benzene rings is 1. The highest BCUT2D eigenvalue weighted by Gasteiger charge is 2.27. The Morgan fingerprint density at radius 2 is 1.77 bits per heavy atom. The van der Waals surface area contributed by atoms with E-state index in [2.05, 4.69) is 0 Å². The molecule has 0 radical (unpaired) electrons. The van der Waals surface area contributed by atoms with E-state index in [9.17, 15) is 8.42 Å². The van der Waals surface area contributed by atoms with E-state index in [-0.39, 0.29) is 17.8 Å². The molecule has 0 bridgehead atoms. The molecule has 2 rings (SSSR count). The molecule has 2 N–H and O–H groups in total. The molecule has 0 atom stereocenters. The van der Waals surface area contributed by atoms with Gasteiger partial charge in [-0.2, -0.15) is 0 Å². The van der Waals surface area contributed by atoms with Gasteiger partial charge in [-0.25, -0.2) is 12.7 Å². The molecule has 1 aromatic carbocycles. The van der Waals surface area contributed by atoms with Crippen LogP contribution < -0.4 is 5.73 Å². The Bertz CT molecular complexity index is 615. The summed E-state index contributed by atoms with van der Waals surface area (Å²) in [6.07, 6.45) is 4.39. The molecule has 126 valence electrons. The van der Waals surface area contributed by atoms with Crippen LogP contribution in [0.4, 0.5) is 0 Å². The van der Waals surface area contributed by atoms with E-state index in [4.69, 9.17) is 5.73 Å². The van der Waals surface area contributed by atoms with Crippen molar-refractivity contribution >= 4 is 22.4 Å². The topological polar surface area (TPSA) is 63.4 Å². The average Bonchev–Trinajstić information content (AvgIpc) is 2.46. The third-order valence-electron chi connectivity index (χ3n) is 4.23. The number of sulfonamides is 1. The smallest absolute Gasteiger partial charge is 0.242 e. The summed E-state index contributed by atoms with van der Waals surface area (Å²) in [5.74, 6) is 0. The van der Waals surface area contributed by atoms with Gasteiger partial charge in [0.05, 0.1) is 4.90 Å². The van der Waals surface area contributed by atoms with E-state index in [1.54, 1.807) is 13.1 Å². The van der Waals surface area contributed by atoms with Gasteiger partial charge in [0, 0.05) is 13.6 Å². The van der Waals surface area contributed by atoms with Crippen molar-refractivity contribution in [1.82, 2.24) is 4.31 Å². The van der Waals surface area contributed by atoms with Crippen molar-refractivity contribution in [3.8, 4) is 0 Å². The number of rotatable bonds is 5. The fraction of sp³-hybridized carbons (Fsp3) is 0.625. The van der Waals surface area contributed by atoms with Crippen LogP contribution in [0.5, 0.6) is 0 Å². The second-order valence-corrected chi connectivity index (χ2v) is 8.81. The third-order valence-corrected chi connectivity index (χ3v) is 6.03. The van der Waals surface area contributed by atoms with Gasteiger partial charge in [-0.3, -0.25) is 0 Å². The highest BCUT2D eigenvalue weighted by atomic mass is 35.5. The first-order valence-corrected chi connectivity index (χ1v) is 8.98. The van der Waals surface area contributed by atoms with Gasteiger partial charge < -0.3 is 5.73 Å². The maximum atomic E-state index is 12.7. The Morgan fingerprint density at radius 3 is 2.36 bits per heavy atom. The highest BCUT2D eigenvalue weighted by Crippen LogP contribution is 2.26. The van der Waals surface area contributed by atoms with Gasteiger partial charge in [-0.15, -0.1) is 12.4 Å². The lowest BCUT2D eigenvalue weighted by Gasteiger charge is -2.28. The second kappa shape index (κ2) is 7.30. The van der Waals surface area contributed by atoms with E-state index in [0.29, 0.717) is 18.0 Å². The third kappa shape index (κ3) is 4.22. The van der Waals surface area contributed by atoms with Crippen LogP contribution in [0.1, 0.15) is 37.8 Å². The van der Waals surface area contributed by atoms with Gasteiger partial charge in [-0.1, -0.05) is 19.9 Å². The molecule has 1 aliphatic carbocycles. The molecular formula is C16H27ClN2O2S. The molecule has 6 heteroatoms. The summed E-state index contributed by atoms with van der Waals surface area (Å²) in [6.45, 7) is 4.83. The first-order chi connectivity index (χ1) is 9.76. The Kier molecular flexibility index (Phi) is 6.45. The summed E-state index contributed by atoms with van der Waals surface area (Å²) in [7, 11) is -1.81. The normalized spacial score (nSPS) is 15.3. The summed E-state index contributed by atoms with van der Waals surface area (Å²) < 4.78 is 26.8. The Hall–Kier alpha value is -0.620. The molecule has 0 aromatic heterocycles. The number of hydrogen-bond donors (Lipinski definition) is 1. The summed E-state index contributed by atoms with van der Waals surface area (Å²) in [4.78, 5) is 0.401. The van der Waals surface area contributed by atoms with Crippen molar-refractivity contribution in [2.75, 3.05) is 20.1 Å². The van der Waals surface area contributed by atoms with Gasteiger partial charge in [-0.05, 0) is 60.9 Å². The van der Waals surface area contributed by atoms with Gasteiger partial charge >= 0.3 is 0 Å². The monoisotopic (exact) mass is 346 g/mol. The number of hydrogen-bond acceptors (Lipinski definition) is 3. The maximum Gasteiger partial charge on any atom is 0.242 e. The van der Waals surface area contributed by atoms with E-state index in [0.717, 1.165) is 19.3 Å². The van der Waals surface area contributed by atoms with E-state index in [1.165, 1.54) is 21.9 Å². The van der Waals surface area contributed by atoms with Crippen molar-refractivity contribution < 1.29 is 8.42 Å². The number of halogens is 1. The minimum absolute atomic E-state index is 0. The SMILES string of the molecule is CN(CC(C)(C)CN)S(=O)(=O)c1ccc2c(c1)CCCC2.Cl. The van der Waals surface area contributed by atoms with Crippen LogP contribution >= 0.6 is 12.4 Å². The summed E-state index contributed by atoms with van der Waals surface area (Å²) >= 11 is 0. The van der Waals surface area contributed by atoms with Crippen molar-refractivity contribution in [2.24, 2.45) is 11.1 Å². The number of aryl methyl sites for hydroxylation is 2. The molecule has 0 aliphatic heterocycles. The average molecular weight is 347 g/mol. The highest BCUT2D eigenvalue weighted by molar-refractivity contribution is 7.89. The lowest BCUT2D eigenvalue weighted by atomic mass is 9.92. The minimum Gasteiger partial charge on any atom is -0.330 e. The van der Waals surface area contributed by atoms with Crippen molar-refractivity contribution in [3.05, 3.63) is 29.3 Å². The molecule has 0 saturated heterocycles. The molecular weight excluding hydrogens is 320 g/mol. The van der Waals surface area contributed by atoms with E-state index < -0.39 is 10.0 Å². The molecule has 22 heavy (non-hydrogen) atoms. The first kappa shape index (κ1) is 19.4. The van der Waals surface area contributed by atoms with Crippen molar-refractivity contribution in [2.45, 2.75) is 44.4 Å². The minimum atomic E-state index is -3.44. The fourth-order valence-electron chi connectivity index (χ4n) is 2.80. The van der Waals surface area contributed by atoms with Crippen LogP contribution in [-0.4, -0.2) is 32.9 Å². The van der Waals surface area contributed by atoms with Crippen LogP contribution in [-0.2, 0) is 22.9 Å². The van der Waals surface area contributed by atoms with E-state index in [1.807, 2.05) is 26.0 Å². The van der Waals surface area contributed by atoms with Crippen LogP contribution in [0.3, 0.4) is 0 Å². The number of nitrogens with two attached hydrogens (primary N) is 1. The van der Waals surface area contributed by atoms with Gasteiger partial charge in [0.1, 0.15) is 0 Å². The molecule has 0 saturated carbocycles. The zero-order valence-corrected chi connectivity index (χ0v) is 15.3. The molecule has 0 unspecified atom stereocenters. The first-order valence-electron chi connectivity index (χ1n) is 7.54. The molecule has 0 heterocycles. The predicted molar refractivity (Wildman–Crippen MR) is 93.0 cm³/mol. The molecule has 0 amide bonds. The molecule has 0 spiro atoms. The predicted octanol–water partition coefficient (Wildman–Crippen LogP) is 2.59. The Morgan fingerprint density at radius 1 is 1.18 bits per heavy atom. The second-order valence-electron chi connectivity index (χ2n) is 6.77. The van der Waals surface area contributed by atoms with Crippen LogP contribution in [0.2, 0.25) is 0 Å². The summed E-state index contributed by atoms with van der Waals surface area (Å²) in [6, 6.07) is 5.57. The standard InChI is InChI=1S/C16H26N2O2S.ClH/c1-16(2,11-17)12-18(3)21(19,20)15-9-8-13-6-4-5-7-14(13)10-15;/h8-10H,4-7,11-12,17H2,1-3H3;1H. The molecule has 0 fully saturated rings. The van der Waals surface area contributed by atoms with Gasteiger partial charge in [0.2, 0.25) is 10.0 Å². The molecule has 1 aliphatic rings. The largest absolute Gasteiger partial charge is 0.330 e. The van der Waals surface area contributed by atoms with Crippen LogP contribution in [0, 0.1) is 5.41 Å². The maximum absolute atomic E-state index is 12.7. The number of nitrogens with zero attached hydrogens (tertiary/aromatic N) is 1. The van der Waals surface area contributed by atoms with Crippen molar-refractivity contribution in [1.29, 1.82) is 0 Å². The zero-order chi connectivity index (χ0) is 15.7. The van der Waals surface area contributed by atoms with Gasteiger partial charge in [0.15, 0.2) is 0 Å². The summed E-state index contributed by atoms with van der Waals surface area (Å²) in [5.41, 5.74) is 7.97. The fourth-order valence-corrected chi connectivity index (χ4v) is 4.21. The van der Waals surface area contributed by atoms with Gasteiger partial charge in [0.25, 0.3) is 0 Å². The molecule has 1 aromatic rings. The lowest BCUT2D eigenvalue weighted by molar-refractivity contribution is 0.292. The number of fused-ring (bicyclic) bond motifs is 1. The van der Waals surface area contributed by atoms with Crippen molar-refractivity contribution in [3.63, 3.8) is 0 Å². The summed E-state index contributed by atoms with van der Waals surface area (Å²) in [5, 5.41) is 0. The van der Waals surface area contributed by atoms with Crippen LogP contribution in [0.25, 0.3) is 0 Å². The Labute approximate surface area is 140 Å². The lowest BCUT2D eigenvalue weighted by Crippen LogP contribution is -2.39. The molecule has 4 nitrogen and oxygen atoms in total. The zero-order valence-electron chi connectivity index (χ0n) is 13.6. The Balaban J connectivity index is 0.00000242. The van der Waals surface area contributed by atoms with E-state index >= 15 is 0 Å². The van der Waals surface area contributed by atoms with Crippen LogP contribution in [0.15, 0.2) is 23.1 Å². The quantitative estimate of drug-likeness (QED) is 0.891.